The standard InChI is InChI=1S/C18H28N4O2S2/c23-26(24,12-13-3-1-2-4-13)21-8-7-16-17(11-21)25-18(20-16)22-14-5-6-15(22)10-19-9-14/h13-15,19H,1-12H2. The fraction of sp³-hybridized carbons (Fsp3) is 0.833. The molecule has 0 aromatic carbocycles. The average molecular weight is 397 g/mol. The molecule has 1 N–H and O–H groups in total. The summed E-state index contributed by atoms with van der Waals surface area (Å²) in [5.41, 5.74) is 1.13. The van der Waals surface area contributed by atoms with Crippen LogP contribution in [0.4, 0.5) is 5.13 Å². The molecule has 26 heavy (non-hydrogen) atoms. The summed E-state index contributed by atoms with van der Waals surface area (Å²) in [7, 11) is -3.15. The Morgan fingerprint density at radius 1 is 1.12 bits per heavy atom. The molecule has 6 nitrogen and oxygen atoms in total. The van der Waals surface area contributed by atoms with E-state index >= 15 is 0 Å². The lowest BCUT2D eigenvalue weighted by molar-refractivity contribution is 0.387. The van der Waals surface area contributed by atoms with Crippen molar-refractivity contribution in [2.75, 3.05) is 30.3 Å². The molecule has 0 amide bonds. The summed E-state index contributed by atoms with van der Waals surface area (Å²) in [5, 5.41) is 4.64. The Kier molecular flexibility index (Phi) is 4.50. The zero-order valence-corrected chi connectivity index (χ0v) is 16.8. The molecule has 2 atom stereocenters. The Balaban J connectivity index is 1.33. The number of nitrogens with one attached hydrogen (secondary N) is 1. The maximum atomic E-state index is 12.9. The third-order valence-electron chi connectivity index (χ3n) is 6.60. The van der Waals surface area contributed by atoms with Gasteiger partial charge in [-0.15, -0.1) is 11.3 Å². The molecule has 2 bridgehead atoms. The molecule has 4 heterocycles. The highest BCUT2D eigenvalue weighted by Crippen LogP contribution is 2.38. The maximum Gasteiger partial charge on any atom is 0.214 e. The highest BCUT2D eigenvalue weighted by Gasteiger charge is 2.39. The number of anilines is 1. The SMILES string of the molecule is O=S(=O)(CC1CCCC1)N1CCc2nc(N3C4CCC3CNC4)sc2C1. The molecule has 5 rings (SSSR count). The highest BCUT2D eigenvalue weighted by atomic mass is 32.2. The van der Waals surface area contributed by atoms with E-state index in [-0.39, 0.29) is 0 Å². The Labute approximate surface area is 160 Å². The topological polar surface area (TPSA) is 65.5 Å². The maximum absolute atomic E-state index is 12.9. The number of aromatic nitrogens is 1. The Morgan fingerprint density at radius 2 is 1.85 bits per heavy atom. The normalized spacial score (nSPS) is 30.1. The highest BCUT2D eigenvalue weighted by molar-refractivity contribution is 7.89. The van der Waals surface area contributed by atoms with Gasteiger partial charge >= 0.3 is 0 Å². The second-order valence-corrected chi connectivity index (χ2v) is 11.4. The van der Waals surface area contributed by atoms with Crippen LogP contribution in [0.3, 0.4) is 0 Å². The van der Waals surface area contributed by atoms with Gasteiger partial charge < -0.3 is 10.2 Å². The summed E-state index contributed by atoms with van der Waals surface area (Å²) in [5.74, 6) is 0.713. The first-order valence-electron chi connectivity index (χ1n) is 10.1. The van der Waals surface area contributed by atoms with Gasteiger partial charge in [0.15, 0.2) is 5.13 Å². The smallest absolute Gasteiger partial charge is 0.214 e. The molecule has 1 saturated carbocycles. The lowest BCUT2D eigenvalue weighted by Gasteiger charge is -2.35. The monoisotopic (exact) mass is 396 g/mol. The van der Waals surface area contributed by atoms with Crippen LogP contribution in [0.1, 0.15) is 49.1 Å². The van der Waals surface area contributed by atoms with Crippen LogP contribution in [-0.2, 0) is 23.0 Å². The van der Waals surface area contributed by atoms with E-state index in [9.17, 15) is 8.42 Å². The fourth-order valence-electron chi connectivity index (χ4n) is 5.18. The second-order valence-electron chi connectivity index (χ2n) is 8.33. The van der Waals surface area contributed by atoms with Crippen molar-refractivity contribution >= 4 is 26.5 Å². The van der Waals surface area contributed by atoms with Crippen LogP contribution in [0.25, 0.3) is 0 Å². The molecule has 8 heteroatoms. The van der Waals surface area contributed by atoms with Gasteiger partial charge in [0, 0.05) is 49.6 Å². The van der Waals surface area contributed by atoms with Crippen LogP contribution in [0.15, 0.2) is 0 Å². The number of hydrogen-bond acceptors (Lipinski definition) is 6. The largest absolute Gasteiger partial charge is 0.340 e. The summed E-state index contributed by atoms with van der Waals surface area (Å²) in [4.78, 5) is 8.61. The Hall–Kier alpha value is -0.700. The minimum atomic E-state index is -3.15. The van der Waals surface area contributed by atoms with Crippen molar-refractivity contribution in [2.24, 2.45) is 5.92 Å². The zero-order valence-electron chi connectivity index (χ0n) is 15.2. The van der Waals surface area contributed by atoms with Gasteiger partial charge in [-0.1, -0.05) is 12.8 Å². The van der Waals surface area contributed by atoms with E-state index in [2.05, 4.69) is 10.2 Å². The van der Waals surface area contributed by atoms with E-state index in [0.29, 0.717) is 36.8 Å². The number of nitrogens with zero attached hydrogens (tertiary/aromatic N) is 3. The summed E-state index contributed by atoms with van der Waals surface area (Å²) >= 11 is 1.73. The first-order valence-corrected chi connectivity index (χ1v) is 12.5. The zero-order chi connectivity index (χ0) is 17.7. The van der Waals surface area contributed by atoms with Crippen molar-refractivity contribution in [1.82, 2.24) is 14.6 Å². The van der Waals surface area contributed by atoms with Crippen LogP contribution in [-0.4, -0.2) is 55.2 Å². The minimum Gasteiger partial charge on any atom is -0.340 e. The van der Waals surface area contributed by atoms with Gasteiger partial charge in [0.1, 0.15) is 0 Å². The fourth-order valence-corrected chi connectivity index (χ4v) is 8.36. The van der Waals surface area contributed by atoms with Gasteiger partial charge in [-0.05, 0) is 31.6 Å². The molecule has 4 aliphatic rings. The second kappa shape index (κ2) is 6.72. The van der Waals surface area contributed by atoms with Crippen molar-refractivity contribution < 1.29 is 8.42 Å². The van der Waals surface area contributed by atoms with Gasteiger partial charge in [-0.2, -0.15) is 4.31 Å². The lowest BCUT2D eigenvalue weighted by atomic mass is 10.1. The average Bonchev–Trinajstić information content (AvgIpc) is 3.31. The Morgan fingerprint density at radius 3 is 2.58 bits per heavy atom. The van der Waals surface area contributed by atoms with Crippen LogP contribution in [0.5, 0.6) is 0 Å². The number of fused-ring (bicyclic) bond motifs is 3. The van der Waals surface area contributed by atoms with Gasteiger partial charge in [-0.25, -0.2) is 13.4 Å². The molecule has 1 aromatic heterocycles. The number of hydrogen-bond donors (Lipinski definition) is 1. The predicted octanol–water partition coefficient (Wildman–Crippen LogP) is 1.96. The molecule has 1 aromatic rings. The summed E-state index contributed by atoms with van der Waals surface area (Å²) < 4.78 is 27.5. The van der Waals surface area contributed by atoms with Gasteiger partial charge in [-0.3, -0.25) is 0 Å². The first-order chi connectivity index (χ1) is 12.6. The van der Waals surface area contributed by atoms with Crippen molar-refractivity contribution in [3.05, 3.63) is 10.6 Å². The van der Waals surface area contributed by atoms with Crippen LogP contribution < -0.4 is 10.2 Å². The van der Waals surface area contributed by atoms with E-state index in [0.717, 1.165) is 43.2 Å². The van der Waals surface area contributed by atoms with Crippen LogP contribution in [0.2, 0.25) is 0 Å². The molecule has 144 valence electrons. The van der Waals surface area contributed by atoms with Crippen molar-refractivity contribution in [3.63, 3.8) is 0 Å². The summed E-state index contributed by atoms with van der Waals surface area (Å²) in [6.07, 6.45) is 7.78. The predicted molar refractivity (Wildman–Crippen MR) is 104 cm³/mol. The molecule has 3 aliphatic heterocycles. The van der Waals surface area contributed by atoms with Crippen molar-refractivity contribution in [1.29, 1.82) is 0 Å². The van der Waals surface area contributed by atoms with Gasteiger partial charge in [0.2, 0.25) is 10.0 Å². The number of rotatable bonds is 4. The third kappa shape index (κ3) is 3.08. The number of thiazole rings is 1. The third-order valence-corrected chi connectivity index (χ3v) is 9.69. The van der Waals surface area contributed by atoms with E-state index < -0.39 is 10.0 Å². The van der Waals surface area contributed by atoms with E-state index in [1.807, 2.05) is 0 Å². The molecular formula is C18H28N4O2S2. The molecule has 1 aliphatic carbocycles. The molecule has 2 saturated heterocycles. The van der Waals surface area contributed by atoms with Gasteiger partial charge in [0.05, 0.1) is 11.4 Å². The van der Waals surface area contributed by atoms with Crippen LogP contribution >= 0.6 is 11.3 Å². The first kappa shape index (κ1) is 17.4. The molecule has 0 radical (unpaired) electrons. The molecule has 2 unspecified atom stereocenters. The van der Waals surface area contributed by atoms with Crippen molar-refractivity contribution in [2.45, 2.75) is 63.6 Å². The molecule has 3 fully saturated rings. The molecular weight excluding hydrogens is 368 g/mol. The van der Waals surface area contributed by atoms with Crippen molar-refractivity contribution in [3.8, 4) is 0 Å². The van der Waals surface area contributed by atoms with Crippen LogP contribution in [0, 0.1) is 5.92 Å². The molecule has 0 spiro atoms. The minimum absolute atomic E-state index is 0.343. The summed E-state index contributed by atoms with van der Waals surface area (Å²) in [6, 6.07) is 1.12. The lowest BCUT2D eigenvalue weighted by Crippen LogP contribution is -2.51. The number of piperazine rings is 1. The Bertz CT molecular complexity index is 756. The summed E-state index contributed by atoms with van der Waals surface area (Å²) in [6.45, 7) is 3.22. The van der Waals surface area contributed by atoms with E-state index in [1.165, 1.54) is 30.6 Å². The van der Waals surface area contributed by atoms with E-state index in [1.54, 1.807) is 15.6 Å². The van der Waals surface area contributed by atoms with E-state index in [4.69, 9.17) is 4.98 Å². The van der Waals surface area contributed by atoms with Gasteiger partial charge in [0.25, 0.3) is 0 Å². The quantitative estimate of drug-likeness (QED) is 0.843. The number of sulfonamides is 1.